The van der Waals surface area contributed by atoms with Gasteiger partial charge in [-0.3, -0.25) is 4.98 Å². The molecule has 2 fully saturated rings. The van der Waals surface area contributed by atoms with Crippen LogP contribution in [0.15, 0.2) is 18.3 Å². The van der Waals surface area contributed by atoms with Crippen LogP contribution in [0.2, 0.25) is 0 Å². The number of hydrogen-bond acceptors (Lipinski definition) is 4. The molecule has 3 aliphatic rings. The molecule has 2 aliphatic carbocycles. The summed E-state index contributed by atoms with van der Waals surface area (Å²) in [6, 6.07) is 3.78. The molecular formula is C16H20N2O2. The van der Waals surface area contributed by atoms with Crippen LogP contribution in [0.5, 0.6) is 0 Å². The minimum Gasteiger partial charge on any atom is -0.464 e. The molecule has 20 heavy (non-hydrogen) atoms. The lowest BCUT2D eigenvalue weighted by Gasteiger charge is -2.41. The molecule has 0 saturated heterocycles. The summed E-state index contributed by atoms with van der Waals surface area (Å²) in [6.07, 6.45) is 5.67. The number of aromatic nitrogens is 1. The first-order valence-electron chi connectivity index (χ1n) is 7.67. The second kappa shape index (κ2) is 4.47. The van der Waals surface area contributed by atoms with Gasteiger partial charge in [-0.2, -0.15) is 0 Å². The van der Waals surface area contributed by atoms with Crippen molar-refractivity contribution in [2.75, 3.05) is 11.9 Å². The van der Waals surface area contributed by atoms with E-state index in [1.807, 2.05) is 25.3 Å². The summed E-state index contributed by atoms with van der Waals surface area (Å²) in [5.74, 6) is 2.08. The third-order valence-corrected chi connectivity index (χ3v) is 5.37. The first-order chi connectivity index (χ1) is 9.79. The van der Waals surface area contributed by atoms with E-state index in [-0.39, 0.29) is 12.0 Å². The van der Waals surface area contributed by atoms with Gasteiger partial charge in [0, 0.05) is 18.0 Å². The fourth-order valence-corrected chi connectivity index (χ4v) is 4.74. The summed E-state index contributed by atoms with van der Waals surface area (Å²) in [7, 11) is 0. The molecule has 5 atom stereocenters. The minimum absolute atomic E-state index is 0.0930. The maximum atomic E-state index is 12.3. The van der Waals surface area contributed by atoms with Crippen molar-refractivity contribution in [2.24, 2.45) is 17.8 Å². The summed E-state index contributed by atoms with van der Waals surface area (Å²) in [6.45, 7) is 2.32. The van der Waals surface area contributed by atoms with Gasteiger partial charge in [0.25, 0.3) is 0 Å². The summed E-state index contributed by atoms with van der Waals surface area (Å²) in [4.78, 5) is 16.9. The maximum absolute atomic E-state index is 12.3. The van der Waals surface area contributed by atoms with Crippen molar-refractivity contribution in [3.63, 3.8) is 0 Å². The summed E-state index contributed by atoms with van der Waals surface area (Å²) >= 11 is 0. The van der Waals surface area contributed by atoms with Gasteiger partial charge in [0.15, 0.2) is 0 Å². The highest BCUT2D eigenvalue weighted by atomic mass is 16.5. The number of rotatable bonds is 2. The van der Waals surface area contributed by atoms with Gasteiger partial charge in [-0.15, -0.1) is 0 Å². The zero-order valence-electron chi connectivity index (χ0n) is 11.7. The smallest absolute Gasteiger partial charge is 0.328 e. The van der Waals surface area contributed by atoms with Gasteiger partial charge in [0.05, 0.1) is 18.0 Å². The number of nitrogens with zero attached hydrogens (tertiary/aromatic N) is 1. The van der Waals surface area contributed by atoms with E-state index in [0.717, 1.165) is 5.69 Å². The predicted molar refractivity (Wildman–Crippen MR) is 75.3 cm³/mol. The fraction of sp³-hybridized carbons (Fsp3) is 0.625. The molecule has 4 heteroatoms. The van der Waals surface area contributed by atoms with Gasteiger partial charge in [0.1, 0.15) is 6.04 Å². The lowest BCUT2D eigenvalue weighted by atomic mass is 9.71. The Morgan fingerprint density at radius 3 is 3.15 bits per heavy atom. The molecule has 0 spiro atoms. The average Bonchev–Trinajstić information content (AvgIpc) is 3.08. The Hall–Kier alpha value is -1.58. The molecule has 1 aromatic heterocycles. The molecule has 0 radical (unpaired) electrons. The molecule has 0 amide bonds. The molecule has 1 N–H and O–H groups in total. The minimum atomic E-state index is -0.188. The molecule has 1 aromatic rings. The number of hydrogen-bond donors (Lipinski definition) is 1. The second-order valence-electron chi connectivity index (χ2n) is 6.25. The first-order valence-corrected chi connectivity index (χ1v) is 7.67. The molecular weight excluding hydrogens is 252 g/mol. The van der Waals surface area contributed by atoms with Crippen LogP contribution in [0.25, 0.3) is 0 Å². The maximum Gasteiger partial charge on any atom is 0.328 e. The number of fused-ring (bicyclic) bond motifs is 7. The van der Waals surface area contributed by atoms with Gasteiger partial charge >= 0.3 is 5.97 Å². The van der Waals surface area contributed by atoms with Crippen molar-refractivity contribution in [3.05, 3.63) is 24.0 Å². The Kier molecular flexibility index (Phi) is 2.72. The average molecular weight is 272 g/mol. The monoisotopic (exact) mass is 272 g/mol. The van der Waals surface area contributed by atoms with Gasteiger partial charge in [-0.25, -0.2) is 4.79 Å². The van der Waals surface area contributed by atoms with Crippen LogP contribution in [-0.2, 0) is 9.53 Å². The number of carbonyl (C=O) groups excluding carboxylic acids is 1. The third-order valence-electron chi connectivity index (χ3n) is 5.37. The van der Waals surface area contributed by atoms with Crippen molar-refractivity contribution in [3.8, 4) is 0 Å². The predicted octanol–water partition coefficient (Wildman–Crippen LogP) is 2.57. The van der Waals surface area contributed by atoms with Crippen LogP contribution in [0.1, 0.15) is 37.8 Å². The van der Waals surface area contributed by atoms with Crippen LogP contribution < -0.4 is 5.32 Å². The van der Waals surface area contributed by atoms with Crippen molar-refractivity contribution in [2.45, 2.75) is 38.1 Å². The van der Waals surface area contributed by atoms with E-state index in [1.54, 1.807) is 0 Å². The number of pyridine rings is 1. The van der Waals surface area contributed by atoms with E-state index in [2.05, 4.69) is 10.3 Å². The van der Waals surface area contributed by atoms with Gasteiger partial charge in [-0.05, 0) is 50.2 Å². The van der Waals surface area contributed by atoms with E-state index in [1.165, 1.54) is 25.0 Å². The highest BCUT2D eigenvalue weighted by Crippen LogP contribution is 2.60. The first kappa shape index (κ1) is 12.2. The van der Waals surface area contributed by atoms with Gasteiger partial charge in [0.2, 0.25) is 0 Å². The van der Waals surface area contributed by atoms with Crippen molar-refractivity contribution in [1.82, 2.24) is 4.98 Å². The van der Waals surface area contributed by atoms with Crippen LogP contribution in [-0.4, -0.2) is 23.6 Å². The lowest BCUT2D eigenvalue weighted by molar-refractivity contribution is -0.146. The van der Waals surface area contributed by atoms with Crippen molar-refractivity contribution in [1.29, 1.82) is 0 Å². The van der Waals surface area contributed by atoms with Crippen LogP contribution in [0.4, 0.5) is 5.69 Å². The second-order valence-corrected chi connectivity index (χ2v) is 6.25. The van der Waals surface area contributed by atoms with E-state index in [0.29, 0.717) is 30.3 Å². The van der Waals surface area contributed by atoms with Crippen LogP contribution in [0, 0.1) is 17.8 Å². The standard InChI is InChI=1S/C16H20N2O2/c1-2-20-16(19)15-13-10-6-5-9(8-10)12(13)14-11(18-15)4-3-7-17-14/h3-4,7,9-10,12-13,15,18H,2,5-6,8H2,1H3/t9-,10+,12+,13-,15-/m0/s1. The topological polar surface area (TPSA) is 51.2 Å². The molecule has 0 aromatic carbocycles. The van der Waals surface area contributed by atoms with E-state index in [4.69, 9.17) is 4.74 Å². The van der Waals surface area contributed by atoms with Crippen LogP contribution in [0.3, 0.4) is 0 Å². The Morgan fingerprint density at radius 1 is 1.45 bits per heavy atom. The molecule has 1 aliphatic heterocycles. The largest absolute Gasteiger partial charge is 0.464 e. The Bertz CT molecular complexity index is 545. The molecule has 0 unspecified atom stereocenters. The number of ether oxygens (including phenoxy) is 1. The highest BCUT2D eigenvalue weighted by molar-refractivity contribution is 5.81. The highest BCUT2D eigenvalue weighted by Gasteiger charge is 2.56. The third kappa shape index (κ3) is 1.60. The summed E-state index contributed by atoms with van der Waals surface area (Å²) < 4.78 is 5.29. The normalized spacial score (nSPS) is 37.0. The lowest BCUT2D eigenvalue weighted by Crippen LogP contribution is -2.47. The molecule has 2 heterocycles. The summed E-state index contributed by atoms with van der Waals surface area (Å²) in [5.41, 5.74) is 2.20. The van der Waals surface area contributed by atoms with Gasteiger partial charge in [-0.1, -0.05) is 0 Å². The number of esters is 1. The number of nitrogens with one attached hydrogen (secondary N) is 1. The zero-order valence-corrected chi connectivity index (χ0v) is 11.7. The molecule has 4 nitrogen and oxygen atoms in total. The zero-order chi connectivity index (χ0) is 13.7. The SMILES string of the molecule is CCOC(=O)[C@H]1Nc2cccnc2[C@@H]2[C@H]3CC[C@H](C3)[C@@H]21. The molecule has 106 valence electrons. The quantitative estimate of drug-likeness (QED) is 0.841. The Balaban J connectivity index is 1.75. The van der Waals surface area contributed by atoms with E-state index < -0.39 is 0 Å². The van der Waals surface area contributed by atoms with E-state index in [9.17, 15) is 4.79 Å². The fourth-order valence-electron chi connectivity index (χ4n) is 4.74. The number of anilines is 1. The van der Waals surface area contributed by atoms with E-state index >= 15 is 0 Å². The molecule has 2 bridgehead atoms. The van der Waals surface area contributed by atoms with Crippen molar-refractivity contribution >= 4 is 11.7 Å². The van der Waals surface area contributed by atoms with Crippen LogP contribution >= 0.6 is 0 Å². The molecule has 4 rings (SSSR count). The Morgan fingerprint density at radius 2 is 2.30 bits per heavy atom. The van der Waals surface area contributed by atoms with Crippen molar-refractivity contribution < 1.29 is 9.53 Å². The number of carbonyl (C=O) groups is 1. The Labute approximate surface area is 118 Å². The van der Waals surface area contributed by atoms with Gasteiger partial charge < -0.3 is 10.1 Å². The molecule has 2 saturated carbocycles. The summed E-state index contributed by atoms with van der Waals surface area (Å²) in [5, 5.41) is 3.40.